The monoisotopic (exact) mass is 397 g/mol. The summed E-state index contributed by atoms with van der Waals surface area (Å²) in [7, 11) is 0. The second-order valence-corrected chi connectivity index (χ2v) is 6.59. The van der Waals surface area contributed by atoms with Crippen molar-refractivity contribution < 1.29 is 4.74 Å². The first-order chi connectivity index (χ1) is 13.3. The van der Waals surface area contributed by atoms with E-state index in [2.05, 4.69) is 20.6 Å². The summed E-state index contributed by atoms with van der Waals surface area (Å²) >= 11 is 0. The van der Waals surface area contributed by atoms with Gasteiger partial charge in [-0.2, -0.15) is 0 Å². The minimum Gasteiger partial charge on any atom is -0.457 e. The average Bonchev–Trinajstić information content (AvgIpc) is 3.22. The lowest BCUT2D eigenvalue weighted by molar-refractivity contribution is 0.483. The van der Waals surface area contributed by atoms with Crippen molar-refractivity contribution in [2.24, 2.45) is 0 Å². The zero-order valence-electron chi connectivity index (χ0n) is 15.5. The molecule has 1 saturated heterocycles. The SMILES string of the molecule is Cl.Nc1ncnc(CN[C@H]2CCNC2)c1-c1ccc(Oc2ccccc2)cc1. The number of aromatic nitrogens is 2. The Kier molecular flexibility index (Phi) is 6.81. The summed E-state index contributed by atoms with van der Waals surface area (Å²) in [5.41, 5.74) is 8.94. The van der Waals surface area contributed by atoms with Crippen LogP contribution in [0, 0.1) is 0 Å². The molecular formula is C21H24ClN5O. The lowest BCUT2D eigenvalue weighted by atomic mass is 10.0. The maximum Gasteiger partial charge on any atom is 0.135 e. The first-order valence-electron chi connectivity index (χ1n) is 9.16. The van der Waals surface area contributed by atoms with Gasteiger partial charge in [0.1, 0.15) is 23.6 Å². The van der Waals surface area contributed by atoms with Gasteiger partial charge in [-0.15, -0.1) is 12.4 Å². The molecule has 1 aromatic heterocycles. The van der Waals surface area contributed by atoms with Gasteiger partial charge in [0.05, 0.1) is 5.69 Å². The van der Waals surface area contributed by atoms with Crippen molar-refractivity contribution in [1.82, 2.24) is 20.6 Å². The van der Waals surface area contributed by atoms with E-state index in [-0.39, 0.29) is 12.4 Å². The molecule has 6 nitrogen and oxygen atoms in total. The quantitative estimate of drug-likeness (QED) is 0.591. The van der Waals surface area contributed by atoms with E-state index < -0.39 is 0 Å². The van der Waals surface area contributed by atoms with Gasteiger partial charge in [-0.25, -0.2) is 9.97 Å². The molecule has 0 saturated carbocycles. The minimum absolute atomic E-state index is 0. The molecule has 146 valence electrons. The van der Waals surface area contributed by atoms with E-state index in [4.69, 9.17) is 10.5 Å². The van der Waals surface area contributed by atoms with Crippen LogP contribution in [0.5, 0.6) is 11.5 Å². The summed E-state index contributed by atoms with van der Waals surface area (Å²) in [4.78, 5) is 8.64. The molecule has 1 aliphatic rings. The second kappa shape index (κ2) is 9.50. The van der Waals surface area contributed by atoms with E-state index in [0.29, 0.717) is 18.4 Å². The lowest BCUT2D eigenvalue weighted by Crippen LogP contribution is -2.31. The van der Waals surface area contributed by atoms with Gasteiger partial charge in [0.15, 0.2) is 0 Å². The Morgan fingerprint density at radius 3 is 2.50 bits per heavy atom. The summed E-state index contributed by atoms with van der Waals surface area (Å²) in [5, 5.41) is 6.90. The number of nitrogens with two attached hydrogens (primary N) is 1. The number of halogens is 1. The highest BCUT2D eigenvalue weighted by molar-refractivity contribution is 5.85. The van der Waals surface area contributed by atoms with Crippen LogP contribution in [0.4, 0.5) is 5.82 Å². The number of ether oxygens (including phenoxy) is 1. The predicted octanol–water partition coefficient (Wildman–Crippen LogP) is 3.39. The molecule has 0 amide bonds. The van der Waals surface area contributed by atoms with Crippen LogP contribution in [-0.4, -0.2) is 29.1 Å². The molecule has 0 bridgehead atoms. The van der Waals surface area contributed by atoms with E-state index in [0.717, 1.165) is 47.8 Å². The number of nitrogens with zero attached hydrogens (tertiary/aromatic N) is 2. The Hall–Kier alpha value is -2.67. The molecule has 1 aliphatic heterocycles. The van der Waals surface area contributed by atoms with Gasteiger partial charge in [-0.3, -0.25) is 0 Å². The third-order valence-corrected chi connectivity index (χ3v) is 4.70. The maximum atomic E-state index is 6.18. The summed E-state index contributed by atoms with van der Waals surface area (Å²) in [6.07, 6.45) is 2.65. The van der Waals surface area contributed by atoms with Crippen molar-refractivity contribution in [3.63, 3.8) is 0 Å². The van der Waals surface area contributed by atoms with Crippen LogP contribution in [0.3, 0.4) is 0 Å². The summed E-state index contributed by atoms with van der Waals surface area (Å²) in [6, 6.07) is 18.1. The van der Waals surface area contributed by atoms with E-state index >= 15 is 0 Å². The van der Waals surface area contributed by atoms with Gasteiger partial charge in [-0.1, -0.05) is 30.3 Å². The van der Waals surface area contributed by atoms with Gasteiger partial charge in [-0.05, 0) is 42.8 Å². The van der Waals surface area contributed by atoms with Gasteiger partial charge in [0, 0.05) is 24.7 Å². The molecule has 2 heterocycles. The fraction of sp³-hybridized carbons (Fsp3) is 0.238. The molecule has 7 heteroatoms. The molecule has 0 aliphatic carbocycles. The van der Waals surface area contributed by atoms with Crippen LogP contribution < -0.4 is 21.1 Å². The summed E-state index contributed by atoms with van der Waals surface area (Å²) in [6.45, 7) is 2.71. The Labute approximate surface area is 171 Å². The molecule has 4 N–H and O–H groups in total. The molecule has 3 aromatic rings. The van der Waals surface area contributed by atoms with E-state index in [9.17, 15) is 0 Å². The largest absolute Gasteiger partial charge is 0.457 e. The number of nitrogens with one attached hydrogen (secondary N) is 2. The number of para-hydroxylation sites is 1. The molecule has 28 heavy (non-hydrogen) atoms. The first kappa shape index (κ1) is 20.1. The molecule has 1 atom stereocenters. The number of benzene rings is 2. The molecular weight excluding hydrogens is 374 g/mol. The number of nitrogen functional groups attached to an aromatic ring is 1. The van der Waals surface area contributed by atoms with E-state index in [1.54, 1.807) is 0 Å². The van der Waals surface area contributed by atoms with E-state index in [1.807, 2.05) is 54.6 Å². The van der Waals surface area contributed by atoms with Crippen LogP contribution >= 0.6 is 12.4 Å². The summed E-state index contributed by atoms with van der Waals surface area (Å²) < 4.78 is 5.86. The van der Waals surface area contributed by atoms with Crippen molar-refractivity contribution in [3.05, 3.63) is 66.6 Å². The van der Waals surface area contributed by atoms with Crippen molar-refractivity contribution >= 4 is 18.2 Å². The zero-order chi connectivity index (χ0) is 18.5. The lowest BCUT2D eigenvalue weighted by Gasteiger charge is -2.15. The Morgan fingerprint density at radius 1 is 1.04 bits per heavy atom. The fourth-order valence-electron chi connectivity index (χ4n) is 3.27. The summed E-state index contributed by atoms with van der Waals surface area (Å²) in [5.74, 6) is 2.07. The third-order valence-electron chi connectivity index (χ3n) is 4.70. The smallest absolute Gasteiger partial charge is 0.135 e. The van der Waals surface area contributed by atoms with Crippen LogP contribution in [0.15, 0.2) is 60.9 Å². The maximum absolute atomic E-state index is 6.18. The molecule has 4 rings (SSSR count). The normalized spacial score (nSPS) is 15.8. The second-order valence-electron chi connectivity index (χ2n) is 6.59. The van der Waals surface area contributed by atoms with Crippen molar-refractivity contribution in [3.8, 4) is 22.6 Å². The standard InChI is InChI=1S/C21H23N5O.ClH/c22-21-20(19(25-14-26-21)13-24-16-10-11-23-12-16)15-6-8-18(9-7-15)27-17-4-2-1-3-5-17;/h1-9,14,16,23-24H,10-13H2,(H2,22,25,26);1H/t16-;/m0./s1. The fourth-order valence-corrected chi connectivity index (χ4v) is 3.27. The van der Waals surface area contributed by atoms with Crippen molar-refractivity contribution in [2.75, 3.05) is 18.8 Å². The highest BCUT2D eigenvalue weighted by atomic mass is 35.5. The third kappa shape index (κ3) is 4.78. The van der Waals surface area contributed by atoms with Crippen molar-refractivity contribution in [2.45, 2.75) is 19.0 Å². The van der Waals surface area contributed by atoms with Crippen LogP contribution in [0.2, 0.25) is 0 Å². The number of rotatable bonds is 6. The molecule has 0 unspecified atom stereocenters. The van der Waals surface area contributed by atoms with Gasteiger partial charge in [0.25, 0.3) is 0 Å². The Bertz CT molecular complexity index is 883. The topological polar surface area (TPSA) is 85.1 Å². The Balaban J connectivity index is 0.00000225. The van der Waals surface area contributed by atoms with Crippen LogP contribution in [-0.2, 0) is 6.54 Å². The minimum atomic E-state index is 0. The molecule has 1 fully saturated rings. The number of hydrogen-bond acceptors (Lipinski definition) is 6. The van der Waals surface area contributed by atoms with Crippen LogP contribution in [0.25, 0.3) is 11.1 Å². The predicted molar refractivity (Wildman–Crippen MR) is 114 cm³/mol. The van der Waals surface area contributed by atoms with E-state index in [1.165, 1.54) is 6.33 Å². The Morgan fingerprint density at radius 2 is 1.79 bits per heavy atom. The molecule has 0 spiro atoms. The van der Waals surface area contributed by atoms with Gasteiger partial charge < -0.3 is 21.1 Å². The number of hydrogen-bond donors (Lipinski definition) is 3. The van der Waals surface area contributed by atoms with Crippen molar-refractivity contribution in [1.29, 1.82) is 0 Å². The zero-order valence-corrected chi connectivity index (χ0v) is 16.3. The van der Waals surface area contributed by atoms with Gasteiger partial charge >= 0.3 is 0 Å². The highest BCUT2D eigenvalue weighted by Crippen LogP contribution is 2.30. The number of anilines is 1. The molecule has 0 radical (unpaired) electrons. The highest BCUT2D eigenvalue weighted by Gasteiger charge is 2.16. The first-order valence-corrected chi connectivity index (χ1v) is 9.16. The molecule has 2 aromatic carbocycles. The van der Waals surface area contributed by atoms with Gasteiger partial charge in [0.2, 0.25) is 0 Å². The van der Waals surface area contributed by atoms with Crippen LogP contribution in [0.1, 0.15) is 12.1 Å². The average molecular weight is 398 g/mol.